The largest absolute Gasteiger partial charge is 0.331 e. The molecule has 72 valence electrons. The molecule has 2 rings (SSSR count). The number of H-pyrrole nitrogens is 1. The molecule has 0 unspecified atom stereocenters. The Morgan fingerprint density at radius 2 is 2.36 bits per heavy atom. The smallest absolute Gasteiger partial charge is 0.178 e. The van der Waals surface area contributed by atoms with E-state index in [0.29, 0.717) is 0 Å². The Bertz CT molecular complexity index is 539. The lowest BCUT2D eigenvalue weighted by Gasteiger charge is -2.01. The van der Waals surface area contributed by atoms with Gasteiger partial charge in [0.2, 0.25) is 0 Å². The molecule has 0 atom stereocenters. The third-order valence-corrected chi connectivity index (χ3v) is 3.02. The highest BCUT2D eigenvalue weighted by Gasteiger charge is 2.05. The van der Waals surface area contributed by atoms with Crippen LogP contribution >= 0.6 is 28.1 Å². The first-order chi connectivity index (χ1) is 6.74. The zero-order valence-corrected chi connectivity index (χ0v) is 9.86. The fraction of sp³-hybridized carbons (Fsp3) is 0.100. The van der Waals surface area contributed by atoms with Crippen LogP contribution in [0.1, 0.15) is 0 Å². The minimum absolute atomic E-state index is 0.724. The quantitative estimate of drug-likeness (QED) is 0.652. The monoisotopic (exact) mass is 268 g/mol. The van der Waals surface area contributed by atoms with E-state index in [0.717, 1.165) is 26.8 Å². The van der Waals surface area contributed by atoms with Crippen LogP contribution in [-0.4, -0.2) is 9.55 Å². The summed E-state index contributed by atoms with van der Waals surface area (Å²) in [5.41, 5.74) is 2.14. The van der Waals surface area contributed by atoms with E-state index in [9.17, 15) is 0 Å². The minimum Gasteiger partial charge on any atom is -0.331 e. The number of rotatable bonds is 2. The van der Waals surface area contributed by atoms with Crippen molar-refractivity contribution in [1.82, 2.24) is 9.55 Å². The maximum Gasteiger partial charge on any atom is 0.178 e. The number of halogens is 1. The van der Waals surface area contributed by atoms with Crippen molar-refractivity contribution in [3.8, 4) is 0 Å². The minimum atomic E-state index is 0.724. The Balaban J connectivity index is 2.86. The summed E-state index contributed by atoms with van der Waals surface area (Å²) in [6.07, 6.45) is 1.84. The van der Waals surface area contributed by atoms with Gasteiger partial charge in [-0.25, -0.2) is 0 Å². The topological polar surface area (TPSA) is 20.7 Å². The van der Waals surface area contributed by atoms with Gasteiger partial charge >= 0.3 is 0 Å². The molecule has 2 aromatic rings. The van der Waals surface area contributed by atoms with Gasteiger partial charge < -0.3 is 9.55 Å². The summed E-state index contributed by atoms with van der Waals surface area (Å²) in [7, 11) is 0. The van der Waals surface area contributed by atoms with Crippen molar-refractivity contribution >= 4 is 39.2 Å². The molecule has 0 saturated heterocycles. The van der Waals surface area contributed by atoms with Crippen LogP contribution in [0.25, 0.3) is 11.0 Å². The van der Waals surface area contributed by atoms with E-state index in [1.807, 2.05) is 28.8 Å². The van der Waals surface area contributed by atoms with Crippen molar-refractivity contribution in [2.24, 2.45) is 0 Å². The molecule has 0 aliphatic heterocycles. The Hall–Kier alpha value is -0.870. The lowest BCUT2D eigenvalue weighted by Crippen LogP contribution is -1.94. The summed E-state index contributed by atoms with van der Waals surface area (Å²) in [5.74, 6) is 0. The SMILES string of the molecule is C=CCn1c(=S)[nH]c2cccc(Br)c21. The first-order valence-corrected chi connectivity index (χ1v) is 5.42. The van der Waals surface area contributed by atoms with Gasteiger partial charge in [0.05, 0.1) is 11.0 Å². The Morgan fingerprint density at radius 1 is 1.57 bits per heavy atom. The molecular weight excluding hydrogens is 260 g/mol. The standard InChI is InChI=1S/C10H9BrN2S/c1-2-6-13-9-7(11)4-3-5-8(9)12-10(13)14/h2-5H,1,6H2,(H,12,14). The number of imidazole rings is 1. The highest BCUT2D eigenvalue weighted by Crippen LogP contribution is 2.23. The molecule has 0 fully saturated rings. The van der Waals surface area contributed by atoms with E-state index in [-0.39, 0.29) is 0 Å². The third-order valence-electron chi connectivity index (χ3n) is 2.06. The molecule has 0 aliphatic carbocycles. The molecule has 1 aromatic carbocycles. The number of aromatic amines is 1. The van der Waals surface area contributed by atoms with Crippen molar-refractivity contribution in [1.29, 1.82) is 0 Å². The molecule has 0 bridgehead atoms. The molecule has 0 amide bonds. The zero-order valence-electron chi connectivity index (χ0n) is 7.46. The average Bonchev–Trinajstić information content (AvgIpc) is 2.45. The highest BCUT2D eigenvalue weighted by atomic mass is 79.9. The van der Waals surface area contributed by atoms with E-state index in [1.54, 1.807) is 0 Å². The normalized spacial score (nSPS) is 10.6. The fourth-order valence-corrected chi connectivity index (χ4v) is 2.33. The number of nitrogens with zero attached hydrogens (tertiary/aromatic N) is 1. The molecule has 1 heterocycles. The molecule has 0 radical (unpaired) electrons. The predicted octanol–water partition coefficient (Wildman–Crippen LogP) is 3.65. The van der Waals surface area contributed by atoms with Crippen LogP contribution in [0.5, 0.6) is 0 Å². The Kier molecular flexibility index (Phi) is 2.56. The number of para-hydroxylation sites is 1. The highest BCUT2D eigenvalue weighted by molar-refractivity contribution is 9.10. The number of aromatic nitrogens is 2. The third kappa shape index (κ3) is 1.44. The molecule has 1 aromatic heterocycles. The van der Waals surface area contributed by atoms with E-state index >= 15 is 0 Å². The van der Waals surface area contributed by atoms with E-state index in [2.05, 4.69) is 27.5 Å². The molecule has 2 nitrogen and oxygen atoms in total. The van der Waals surface area contributed by atoms with Gasteiger partial charge in [0.15, 0.2) is 4.77 Å². The first kappa shape index (κ1) is 9.68. The van der Waals surface area contributed by atoms with E-state index < -0.39 is 0 Å². The van der Waals surface area contributed by atoms with Gasteiger partial charge in [-0.3, -0.25) is 0 Å². The lowest BCUT2D eigenvalue weighted by atomic mass is 10.3. The maximum absolute atomic E-state index is 5.22. The Labute approximate surface area is 95.4 Å². The maximum atomic E-state index is 5.22. The fourth-order valence-electron chi connectivity index (χ4n) is 1.48. The molecular formula is C10H9BrN2S. The van der Waals surface area contributed by atoms with Crippen LogP contribution in [-0.2, 0) is 6.54 Å². The summed E-state index contributed by atoms with van der Waals surface area (Å²) in [6, 6.07) is 6.00. The molecule has 0 aliphatic rings. The molecule has 0 spiro atoms. The number of nitrogens with one attached hydrogen (secondary N) is 1. The first-order valence-electron chi connectivity index (χ1n) is 4.22. The van der Waals surface area contributed by atoms with Crippen LogP contribution in [0, 0.1) is 4.77 Å². The van der Waals surface area contributed by atoms with Gasteiger partial charge in [-0.2, -0.15) is 0 Å². The Morgan fingerprint density at radius 3 is 3.07 bits per heavy atom. The molecule has 4 heteroatoms. The second kappa shape index (κ2) is 3.71. The molecule has 1 N–H and O–H groups in total. The van der Waals surface area contributed by atoms with Crippen LogP contribution < -0.4 is 0 Å². The van der Waals surface area contributed by atoms with Gasteiger partial charge in [0, 0.05) is 11.0 Å². The van der Waals surface area contributed by atoms with Crippen molar-refractivity contribution in [2.45, 2.75) is 6.54 Å². The zero-order chi connectivity index (χ0) is 10.1. The molecule has 0 saturated carbocycles. The average molecular weight is 269 g/mol. The van der Waals surface area contributed by atoms with E-state index in [4.69, 9.17) is 12.2 Å². The van der Waals surface area contributed by atoms with Crippen molar-refractivity contribution in [3.63, 3.8) is 0 Å². The number of fused-ring (bicyclic) bond motifs is 1. The number of benzene rings is 1. The van der Waals surface area contributed by atoms with Crippen molar-refractivity contribution in [2.75, 3.05) is 0 Å². The van der Waals surface area contributed by atoms with Crippen molar-refractivity contribution < 1.29 is 0 Å². The summed E-state index contributed by atoms with van der Waals surface area (Å²) < 4.78 is 3.79. The number of hydrogen-bond acceptors (Lipinski definition) is 1. The summed E-state index contributed by atoms with van der Waals surface area (Å²) in [4.78, 5) is 3.15. The number of allylic oxidation sites excluding steroid dienone is 1. The van der Waals surface area contributed by atoms with Crippen LogP contribution in [0.2, 0.25) is 0 Å². The van der Waals surface area contributed by atoms with Gasteiger partial charge in [0.25, 0.3) is 0 Å². The van der Waals surface area contributed by atoms with Gasteiger partial charge in [-0.1, -0.05) is 12.1 Å². The second-order valence-electron chi connectivity index (χ2n) is 2.97. The summed E-state index contributed by atoms with van der Waals surface area (Å²) in [5, 5.41) is 0. The van der Waals surface area contributed by atoms with E-state index in [1.165, 1.54) is 0 Å². The van der Waals surface area contributed by atoms with Crippen LogP contribution in [0.4, 0.5) is 0 Å². The van der Waals surface area contributed by atoms with Gasteiger partial charge in [-0.15, -0.1) is 6.58 Å². The summed E-state index contributed by atoms with van der Waals surface area (Å²) in [6.45, 7) is 4.44. The molecule has 14 heavy (non-hydrogen) atoms. The summed E-state index contributed by atoms with van der Waals surface area (Å²) >= 11 is 8.73. The van der Waals surface area contributed by atoms with Crippen LogP contribution in [0.3, 0.4) is 0 Å². The predicted molar refractivity (Wildman–Crippen MR) is 65.0 cm³/mol. The van der Waals surface area contributed by atoms with Crippen LogP contribution in [0.15, 0.2) is 35.3 Å². The van der Waals surface area contributed by atoms with Gasteiger partial charge in [0.1, 0.15) is 0 Å². The van der Waals surface area contributed by atoms with Gasteiger partial charge in [-0.05, 0) is 40.3 Å². The van der Waals surface area contributed by atoms with Crippen molar-refractivity contribution in [3.05, 3.63) is 40.1 Å². The lowest BCUT2D eigenvalue weighted by molar-refractivity contribution is 0.834. The number of hydrogen-bond donors (Lipinski definition) is 1. The second-order valence-corrected chi connectivity index (χ2v) is 4.21.